The molecule has 0 saturated heterocycles. The quantitative estimate of drug-likeness (QED) is 0.351. The van der Waals surface area contributed by atoms with E-state index in [0.717, 1.165) is 44.8 Å². The van der Waals surface area contributed by atoms with Crippen LogP contribution < -0.4 is 9.88 Å². The molecule has 0 bridgehead atoms. The number of nitrogens with two attached hydrogens (primary N) is 1. The monoisotopic (exact) mass is 500 g/mol. The first-order valence-electron chi connectivity index (χ1n) is 10.9. The molecule has 2 atom stereocenters. The highest BCUT2D eigenvalue weighted by atomic mass is 32.2. The van der Waals surface area contributed by atoms with Crippen LogP contribution in [0.5, 0.6) is 5.75 Å². The lowest BCUT2D eigenvalue weighted by molar-refractivity contribution is -0.137. The molecule has 1 aliphatic heterocycles. The van der Waals surface area contributed by atoms with Gasteiger partial charge in [-0.1, -0.05) is 37.3 Å². The Labute approximate surface area is 207 Å². The van der Waals surface area contributed by atoms with Crippen LogP contribution in [-0.4, -0.2) is 28.0 Å². The van der Waals surface area contributed by atoms with E-state index in [2.05, 4.69) is 42.4 Å². The van der Waals surface area contributed by atoms with Gasteiger partial charge in [0.2, 0.25) is 0 Å². The van der Waals surface area contributed by atoms with E-state index in [9.17, 15) is 9.90 Å². The van der Waals surface area contributed by atoms with Crippen LogP contribution in [0.3, 0.4) is 0 Å². The van der Waals surface area contributed by atoms with E-state index in [1.54, 1.807) is 23.3 Å². The number of ether oxygens (including phenoxy) is 1. The Balaban J connectivity index is 1.62. The molecule has 3 N–H and O–H groups in total. The molecular formula is C25H28N2O3S3. The molecule has 3 aromatic rings. The smallest absolute Gasteiger partial charge is 0.304 e. The van der Waals surface area contributed by atoms with Gasteiger partial charge < -0.3 is 9.84 Å². The maximum atomic E-state index is 11.7. The summed E-state index contributed by atoms with van der Waals surface area (Å²) in [6, 6.07) is 18.5. The first kappa shape index (κ1) is 24.2. The predicted molar refractivity (Wildman–Crippen MR) is 137 cm³/mol. The fourth-order valence-electron chi connectivity index (χ4n) is 3.96. The maximum absolute atomic E-state index is 11.7. The largest absolute Gasteiger partial charge is 0.488 e. The molecule has 0 aliphatic carbocycles. The molecule has 0 fully saturated rings. The SMILES string of the molecule is CCC1CN(Cc2cc(C(CC(=O)O)c3ccc(SN)s3)ccc2C)Sc2ccccc2O1. The summed E-state index contributed by atoms with van der Waals surface area (Å²) in [5, 5.41) is 15.3. The number of hydrogen-bond acceptors (Lipinski definition) is 7. The Hall–Kier alpha value is -1.97. The molecule has 4 rings (SSSR count). The first-order chi connectivity index (χ1) is 16.0. The van der Waals surface area contributed by atoms with E-state index in [0.29, 0.717) is 0 Å². The highest BCUT2D eigenvalue weighted by molar-refractivity contribution is 7.99. The van der Waals surface area contributed by atoms with Crippen molar-refractivity contribution in [3.05, 3.63) is 76.2 Å². The zero-order valence-electron chi connectivity index (χ0n) is 18.7. The molecule has 0 amide bonds. The van der Waals surface area contributed by atoms with E-state index in [1.807, 2.05) is 30.3 Å². The molecule has 2 heterocycles. The molecule has 2 unspecified atom stereocenters. The zero-order valence-corrected chi connectivity index (χ0v) is 21.1. The van der Waals surface area contributed by atoms with Crippen LogP contribution >= 0.6 is 35.2 Å². The van der Waals surface area contributed by atoms with E-state index in [1.165, 1.54) is 23.1 Å². The molecule has 0 spiro atoms. The van der Waals surface area contributed by atoms with E-state index in [4.69, 9.17) is 9.88 Å². The molecule has 1 aromatic heterocycles. The standard InChI is InChI=1S/C25H28N2O3S3/c1-3-19-15-27(33-23-7-5-4-6-21(23)30-19)14-18-12-17(9-8-16(18)2)20(13-24(28)29)22-10-11-25(31-22)32-26/h4-12,19-20H,3,13-15,26H2,1-2H3,(H,28,29). The average Bonchev–Trinajstić information content (AvgIpc) is 3.20. The van der Waals surface area contributed by atoms with Gasteiger partial charge in [-0.3, -0.25) is 9.93 Å². The summed E-state index contributed by atoms with van der Waals surface area (Å²) in [6.07, 6.45) is 1.11. The summed E-state index contributed by atoms with van der Waals surface area (Å²) >= 11 is 4.49. The Bertz CT molecular complexity index is 1120. The van der Waals surface area contributed by atoms with Gasteiger partial charge in [-0.15, -0.1) is 11.3 Å². The summed E-state index contributed by atoms with van der Waals surface area (Å²) in [6.45, 7) is 5.84. The predicted octanol–water partition coefficient (Wildman–Crippen LogP) is 6.31. The number of fused-ring (bicyclic) bond motifs is 1. The number of aliphatic carboxylic acids is 1. The van der Waals surface area contributed by atoms with Crippen molar-refractivity contribution < 1.29 is 14.6 Å². The minimum Gasteiger partial charge on any atom is -0.488 e. The van der Waals surface area contributed by atoms with Gasteiger partial charge >= 0.3 is 5.97 Å². The van der Waals surface area contributed by atoms with Gasteiger partial charge in [-0.2, -0.15) is 0 Å². The van der Waals surface area contributed by atoms with Crippen LogP contribution in [0.1, 0.15) is 47.3 Å². The number of para-hydroxylation sites is 1. The summed E-state index contributed by atoms with van der Waals surface area (Å²) < 4.78 is 9.58. The second-order valence-corrected chi connectivity index (χ2v) is 11.3. The number of carboxylic acids is 1. The van der Waals surface area contributed by atoms with Crippen LogP contribution in [0.25, 0.3) is 0 Å². The van der Waals surface area contributed by atoms with Crippen LogP contribution in [0, 0.1) is 6.92 Å². The van der Waals surface area contributed by atoms with Crippen molar-refractivity contribution in [3.63, 3.8) is 0 Å². The number of carbonyl (C=O) groups is 1. The summed E-state index contributed by atoms with van der Waals surface area (Å²) in [7, 11) is 0. The number of aryl methyl sites for hydroxylation is 1. The van der Waals surface area contributed by atoms with Gasteiger partial charge in [0.05, 0.1) is 15.5 Å². The summed E-state index contributed by atoms with van der Waals surface area (Å²) in [5.41, 5.74) is 3.43. The topological polar surface area (TPSA) is 75.8 Å². The number of benzene rings is 2. The number of thiophene rings is 1. The molecule has 1 aliphatic rings. The number of hydrogen-bond donors (Lipinski definition) is 2. The molecule has 0 radical (unpaired) electrons. The van der Waals surface area contributed by atoms with Crippen molar-refractivity contribution in [3.8, 4) is 5.75 Å². The first-order valence-corrected chi connectivity index (χ1v) is 13.4. The number of nitrogens with zero attached hydrogens (tertiary/aromatic N) is 1. The minimum absolute atomic E-state index is 0.0509. The molecule has 8 heteroatoms. The van der Waals surface area contributed by atoms with Crippen molar-refractivity contribution in [1.82, 2.24) is 4.31 Å². The normalized spacial score (nSPS) is 17.1. The highest BCUT2D eigenvalue weighted by Gasteiger charge is 2.25. The van der Waals surface area contributed by atoms with Crippen molar-refractivity contribution >= 4 is 41.2 Å². The van der Waals surface area contributed by atoms with E-state index >= 15 is 0 Å². The zero-order chi connectivity index (χ0) is 23.4. The van der Waals surface area contributed by atoms with E-state index < -0.39 is 5.97 Å². The lowest BCUT2D eigenvalue weighted by Crippen LogP contribution is -2.29. The third kappa shape index (κ3) is 5.94. The molecule has 2 aromatic carbocycles. The second-order valence-electron chi connectivity index (χ2n) is 8.12. The number of rotatable bonds is 8. The van der Waals surface area contributed by atoms with Crippen molar-refractivity contribution in [2.24, 2.45) is 5.14 Å². The molecule has 0 saturated carbocycles. The van der Waals surface area contributed by atoms with E-state index in [-0.39, 0.29) is 18.4 Å². The minimum atomic E-state index is -0.805. The van der Waals surface area contributed by atoms with Gasteiger partial charge in [0.15, 0.2) is 0 Å². The molecule has 5 nitrogen and oxygen atoms in total. The van der Waals surface area contributed by atoms with Crippen molar-refractivity contribution in [2.75, 3.05) is 6.54 Å². The summed E-state index contributed by atoms with van der Waals surface area (Å²) in [4.78, 5) is 13.8. The average molecular weight is 501 g/mol. The second kappa shape index (κ2) is 11.0. The molecule has 174 valence electrons. The van der Waals surface area contributed by atoms with Gasteiger partial charge in [0.25, 0.3) is 0 Å². The fraction of sp³-hybridized carbons (Fsp3) is 0.320. The lowest BCUT2D eigenvalue weighted by atomic mass is 9.91. The Morgan fingerprint density at radius 1 is 1.27 bits per heavy atom. The highest BCUT2D eigenvalue weighted by Crippen LogP contribution is 2.39. The summed E-state index contributed by atoms with van der Waals surface area (Å²) in [5.74, 6) is -0.0628. The van der Waals surface area contributed by atoms with Gasteiger partial charge in [-0.25, -0.2) is 4.31 Å². The molecular weight excluding hydrogens is 472 g/mol. The Morgan fingerprint density at radius 2 is 2.09 bits per heavy atom. The van der Waals surface area contributed by atoms with Crippen molar-refractivity contribution in [1.29, 1.82) is 0 Å². The van der Waals surface area contributed by atoms with Gasteiger partial charge in [0.1, 0.15) is 11.9 Å². The van der Waals surface area contributed by atoms with Crippen LogP contribution in [0.4, 0.5) is 0 Å². The van der Waals surface area contributed by atoms with Gasteiger partial charge in [0, 0.05) is 23.9 Å². The Kier molecular flexibility index (Phi) is 8.03. The van der Waals surface area contributed by atoms with Crippen LogP contribution in [0.2, 0.25) is 0 Å². The van der Waals surface area contributed by atoms with Crippen LogP contribution in [-0.2, 0) is 11.3 Å². The third-order valence-electron chi connectivity index (χ3n) is 5.80. The Morgan fingerprint density at radius 3 is 2.82 bits per heavy atom. The van der Waals surface area contributed by atoms with Crippen LogP contribution in [0.15, 0.2) is 63.7 Å². The molecule has 33 heavy (non-hydrogen) atoms. The van der Waals surface area contributed by atoms with Crippen molar-refractivity contribution in [2.45, 2.75) is 54.4 Å². The third-order valence-corrected chi connectivity index (χ3v) is 8.77. The van der Waals surface area contributed by atoms with Gasteiger partial charge in [-0.05, 0) is 78.2 Å². The lowest BCUT2D eigenvalue weighted by Gasteiger charge is -2.24. The maximum Gasteiger partial charge on any atom is 0.304 e. The fourth-order valence-corrected chi connectivity index (χ4v) is 6.53. The number of carboxylic acid groups (broad SMARTS) is 1.